The molecule has 2 atom stereocenters. The smallest absolute Gasteiger partial charge is 0.241 e. The van der Waals surface area contributed by atoms with E-state index in [9.17, 15) is 4.79 Å². The fourth-order valence-corrected chi connectivity index (χ4v) is 3.14. The average Bonchev–Trinajstić information content (AvgIpc) is 3.22. The van der Waals surface area contributed by atoms with Gasteiger partial charge in [0.15, 0.2) is 0 Å². The van der Waals surface area contributed by atoms with Crippen molar-refractivity contribution in [2.24, 2.45) is 0 Å². The molecule has 1 aromatic rings. The molecule has 3 rings (SSSR count). The number of rotatable bonds is 5. The fourth-order valence-electron chi connectivity index (χ4n) is 3.14. The third-order valence-corrected chi connectivity index (χ3v) is 4.46. The zero-order valence-corrected chi connectivity index (χ0v) is 12.4. The van der Waals surface area contributed by atoms with Crippen LogP contribution in [0.4, 0.5) is 0 Å². The van der Waals surface area contributed by atoms with E-state index in [1.54, 1.807) is 0 Å². The molecular weight excluding hydrogens is 248 g/mol. The van der Waals surface area contributed by atoms with Crippen molar-refractivity contribution >= 4 is 5.91 Å². The van der Waals surface area contributed by atoms with Gasteiger partial charge in [0.25, 0.3) is 0 Å². The largest absolute Gasteiger partial charge is 0.319 e. The van der Waals surface area contributed by atoms with E-state index in [2.05, 4.69) is 48.3 Å². The van der Waals surface area contributed by atoms with Crippen molar-refractivity contribution < 1.29 is 4.79 Å². The van der Waals surface area contributed by atoms with Gasteiger partial charge in [0.1, 0.15) is 6.17 Å². The zero-order chi connectivity index (χ0) is 14.1. The lowest BCUT2D eigenvalue weighted by Gasteiger charge is -2.25. The summed E-state index contributed by atoms with van der Waals surface area (Å²) in [6.45, 7) is 4.31. The molecule has 0 spiro atoms. The van der Waals surface area contributed by atoms with Crippen LogP contribution >= 0.6 is 0 Å². The van der Waals surface area contributed by atoms with Crippen molar-refractivity contribution in [1.29, 1.82) is 0 Å². The van der Waals surface area contributed by atoms with Crippen molar-refractivity contribution in [2.45, 2.75) is 64.2 Å². The highest BCUT2D eigenvalue weighted by molar-refractivity contribution is 5.85. The summed E-state index contributed by atoms with van der Waals surface area (Å²) in [6, 6.07) is 8.89. The Kier molecular flexibility index (Phi) is 3.79. The summed E-state index contributed by atoms with van der Waals surface area (Å²) in [4.78, 5) is 14.8. The molecule has 3 nitrogen and oxygen atoms in total. The van der Waals surface area contributed by atoms with Gasteiger partial charge in [-0.05, 0) is 37.3 Å². The molecule has 0 bridgehead atoms. The number of benzene rings is 1. The molecule has 1 N–H and O–H groups in total. The Morgan fingerprint density at radius 1 is 1.30 bits per heavy atom. The maximum atomic E-state index is 12.7. The quantitative estimate of drug-likeness (QED) is 0.893. The van der Waals surface area contributed by atoms with Crippen LogP contribution in [0.3, 0.4) is 0 Å². The van der Waals surface area contributed by atoms with Gasteiger partial charge in [-0.25, -0.2) is 0 Å². The first-order valence-corrected chi connectivity index (χ1v) is 7.86. The number of unbranched alkanes of at least 4 members (excludes halogenated alkanes) is 1. The maximum absolute atomic E-state index is 12.7. The van der Waals surface area contributed by atoms with Gasteiger partial charge < -0.3 is 4.90 Å². The van der Waals surface area contributed by atoms with Crippen LogP contribution < -0.4 is 5.32 Å². The highest BCUT2D eigenvalue weighted by Crippen LogP contribution is 2.38. The lowest BCUT2D eigenvalue weighted by atomic mass is 10.1. The van der Waals surface area contributed by atoms with E-state index in [1.165, 1.54) is 11.1 Å². The van der Waals surface area contributed by atoms with E-state index < -0.39 is 0 Å². The first kappa shape index (κ1) is 13.6. The Morgan fingerprint density at radius 3 is 2.70 bits per heavy atom. The lowest BCUT2D eigenvalue weighted by molar-refractivity contribution is -0.130. The normalized spacial score (nSPS) is 26.3. The van der Waals surface area contributed by atoms with E-state index >= 15 is 0 Å². The van der Waals surface area contributed by atoms with Crippen LogP contribution in [0, 0.1) is 6.92 Å². The second-order valence-electron chi connectivity index (χ2n) is 6.10. The number of hydrogen-bond acceptors (Lipinski definition) is 2. The predicted molar refractivity (Wildman–Crippen MR) is 80.2 cm³/mol. The van der Waals surface area contributed by atoms with Gasteiger partial charge >= 0.3 is 0 Å². The van der Waals surface area contributed by atoms with Crippen molar-refractivity contribution in [3.63, 3.8) is 0 Å². The van der Waals surface area contributed by atoms with Gasteiger partial charge in [0, 0.05) is 6.04 Å². The minimum Gasteiger partial charge on any atom is -0.319 e. The molecule has 2 fully saturated rings. The van der Waals surface area contributed by atoms with Gasteiger partial charge in [-0.1, -0.05) is 44.0 Å². The van der Waals surface area contributed by atoms with Crippen LogP contribution in [0.5, 0.6) is 0 Å². The highest BCUT2D eigenvalue weighted by atomic mass is 16.2. The number of aryl methyl sites for hydroxylation is 1. The molecule has 1 aromatic carbocycles. The fraction of sp³-hybridized carbons (Fsp3) is 0.588. The highest BCUT2D eigenvalue weighted by Gasteiger charge is 2.46. The first-order chi connectivity index (χ1) is 9.72. The summed E-state index contributed by atoms with van der Waals surface area (Å²) >= 11 is 0. The van der Waals surface area contributed by atoms with E-state index in [-0.39, 0.29) is 12.2 Å². The number of nitrogens with one attached hydrogen (secondary N) is 1. The topological polar surface area (TPSA) is 32.3 Å². The summed E-state index contributed by atoms with van der Waals surface area (Å²) in [5.41, 5.74) is 2.52. The summed E-state index contributed by atoms with van der Waals surface area (Å²) < 4.78 is 0. The van der Waals surface area contributed by atoms with Gasteiger partial charge in [-0.15, -0.1) is 0 Å². The first-order valence-electron chi connectivity index (χ1n) is 7.86. The SMILES string of the molecule is CCCCC1NC(c2ccccc2C)N(C2CC2)C1=O. The molecule has 108 valence electrons. The molecule has 0 aromatic heterocycles. The van der Waals surface area contributed by atoms with Crippen LogP contribution in [0.2, 0.25) is 0 Å². The van der Waals surface area contributed by atoms with Crippen molar-refractivity contribution in [2.75, 3.05) is 0 Å². The average molecular weight is 272 g/mol. The third-order valence-electron chi connectivity index (χ3n) is 4.46. The second-order valence-corrected chi connectivity index (χ2v) is 6.10. The Bertz CT molecular complexity index is 496. The minimum absolute atomic E-state index is 0.0140. The van der Waals surface area contributed by atoms with E-state index in [0.717, 1.165) is 32.1 Å². The standard InChI is InChI=1S/C17H24N2O/c1-3-4-9-15-17(20)19(13-10-11-13)16(18-15)14-8-6-5-7-12(14)2/h5-8,13,15-16,18H,3-4,9-11H2,1-2H3. The molecule has 3 heteroatoms. The predicted octanol–water partition coefficient (Wildman–Crippen LogP) is 3.15. The minimum atomic E-state index is 0.0140. The van der Waals surface area contributed by atoms with Crippen LogP contribution in [-0.2, 0) is 4.79 Å². The van der Waals surface area contributed by atoms with Crippen LogP contribution in [0.15, 0.2) is 24.3 Å². The molecule has 0 radical (unpaired) electrons. The molecule has 1 amide bonds. The number of hydrogen-bond donors (Lipinski definition) is 1. The zero-order valence-electron chi connectivity index (χ0n) is 12.4. The molecular formula is C17H24N2O. The number of carbonyl (C=O) groups is 1. The molecule has 20 heavy (non-hydrogen) atoms. The monoisotopic (exact) mass is 272 g/mol. The van der Waals surface area contributed by atoms with E-state index in [0.29, 0.717) is 11.9 Å². The Balaban J connectivity index is 1.85. The summed E-state index contributed by atoms with van der Waals surface area (Å²) in [5.74, 6) is 0.314. The number of nitrogens with zero attached hydrogens (tertiary/aromatic N) is 1. The van der Waals surface area contributed by atoms with Gasteiger partial charge in [0.05, 0.1) is 6.04 Å². The van der Waals surface area contributed by atoms with Crippen molar-refractivity contribution in [1.82, 2.24) is 10.2 Å². The van der Waals surface area contributed by atoms with Gasteiger partial charge in [0.2, 0.25) is 5.91 Å². The Hall–Kier alpha value is -1.35. The maximum Gasteiger partial charge on any atom is 0.241 e. The van der Waals surface area contributed by atoms with Gasteiger partial charge in [-0.2, -0.15) is 0 Å². The van der Waals surface area contributed by atoms with Crippen molar-refractivity contribution in [3.8, 4) is 0 Å². The third kappa shape index (κ3) is 2.47. The van der Waals surface area contributed by atoms with Gasteiger partial charge in [-0.3, -0.25) is 10.1 Å². The van der Waals surface area contributed by atoms with Crippen LogP contribution in [-0.4, -0.2) is 22.9 Å². The second kappa shape index (κ2) is 5.57. The molecule has 1 saturated heterocycles. The number of carbonyl (C=O) groups excluding carboxylic acids is 1. The molecule has 1 saturated carbocycles. The molecule has 2 aliphatic rings. The van der Waals surface area contributed by atoms with Crippen molar-refractivity contribution in [3.05, 3.63) is 35.4 Å². The molecule has 1 aliphatic heterocycles. The summed E-state index contributed by atoms with van der Waals surface area (Å²) in [5, 5.41) is 3.58. The summed E-state index contributed by atoms with van der Waals surface area (Å²) in [6.07, 6.45) is 5.62. The Morgan fingerprint density at radius 2 is 2.05 bits per heavy atom. The molecule has 2 unspecified atom stereocenters. The van der Waals surface area contributed by atoms with E-state index in [4.69, 9.17) is 0 Å². The number of amides is 1. The lowest BCUT2D eigenvalue weighted by Crippen LogP contribution is -2.33. The summed E-state index contributed by atoms with van der Waals surface area (Å²) in [7, 11) is 0. The molecule has 1 heterocycles. The Labute approximate surface area is 121 Å². The van der Waals surface area contributed by atoms with Crippen LogP contribution in [0.1, 0.15) is 56.3 Å². The van der Waals surface area contributed by atoms with E-state index in [1.807, 2.05) is 0 Å². The molecule has 1 aliphatic carbocycles. The van der Waals surface area contributed by atoms with Crippen LogP contribution in [0.25, 0.3) is 0 Å².